The van der Waals surface area contributed by atoms with Gasteiger partial charge in [-0.15, -0.1) is 6.58 Å². The summed E-state index contributed by atoms with van der Waals surface area (Å²) in [5.41, 5.74) is 2.49. The number of aromatic nitrogens is 1. The second kappa shape index (κ2) is 7.84. The number of pyridine rings is 1. The van der Waals surface area contributed by atoms with Gasteiger partial charge in [-0.1, -0.05) is 17.6 Å². The summed E-state index contributed by atoms with van der Waals surface area (Å²) in [4.78, 5) is 20.9. The van der Waals surface area contributed by atoms with E-state index < -0.39 is 34.6 Å². The molecule has 2 N–H and O–H groups in total. The van der Waals surface area contributed by atoms with Gasteiger partial charge in [-0.3, -0.25) is 9.63 Å². The normalized spacial score (nSPS) is 10.4. The number of carbonyl (C=O) groups excluding carboxylic acids is 1. The maximum absolute atomic E-state index is 14.2. The summed E-state index contributed by atoms with van der Waals surface area (Å²) in [6.45, 7) is 5.08. The van der Waals surface area contributed by atoms with Crippen LogP contribution >= 0.6 is 0 Å². The summed E-state index contributed by atoms with van der Waals surface area (Å²) in [5.74, 6) is -5.47. The third kappa shape index (κ3) is 4.19. The summed E-state index contributed by atoms with van der Waals surface area (Å²) < 4.78 is 41.4. The van der Waals surface area contributed by atoms with E-state index in [0.29, 0.717) is 11.6 Å². The van der Waals surface area contributed by atoms with Crippen molar-refractivity contribution in [2.75, 3.05) is 11.9 Å². The Morgan fingerprint density at radius 3 is 2.72 bits per heavy atom. The van der Waals surface area contributed by atoms with Crippen LogP contribution in [0.2, 0.25) is 0 Å². The van der Waals surface area contributed by atoms with Gasteiger partial charge in [0.25, 0.3) is 5.91 Å². The molecule has 0 aliphatic rings. The molecule has 0 aliphatic heterocycles. The number of nitrogens with zero attached hydrogens (tertiary/aromatic N) is 1. The van der Waals surface area contributed by atoms with Gasteiger partial charge in [0.15, 0.2) is 17.5 Å². The van der Waals surface area contributed by atoms with E-state index in [9.17, 15) is 18.0 Å². The lowest BCUT2D eigenvalue weighted by Crippen LogP contribution is -2.25. The Morgan fingerprint density at radius 1 is 1.36 bits per heavy atom. The molecule has 25 heavy (non-hydrogen) atoms. The number of halogens is 3. The molecule has 0 unspecified atom stereocenters. The topological polar surface area (TPSA) is 63.2 Å². The Balaban J connectivity index is 2.45. The maximum atomic E-state index is 14.2. The fraction of sp³-hybridized carbons (Fsp3) is 0.125. The van der Waals surface area contributed by atoms with Crippen LogP contribution in [0.3, 0.4) is 0 Å². The van der Waals surface area contributed by atoms with Crippen molar-refractivity contribution in [2.24, 2.45) is 0 Å². The molecular weight excluding hydrogens is 334 g/mol. The van der Waals surface area contributed by atoms with Crippen molar-refractivity contribution in [3.8, 4) is 0 Å². The van der Waals surface area contributed by atoms with Crippen molar-refractivity contribution in [2.45, 2.75) is 6.92 Å². The van der Waals surface area contributed by atoms with Crippen LogP contribution in [-0.2, 0) is 4.84 Å². The third-order valence-electron chi connectivity index (χ3n) is 3.23. The Bertz CT molecular complexity index is 831. The van der Waals surface area contributed by atoms with Gasteiger partial charge in [-0.05, 0) is 18.6 Å². The first-order valence-electron chi connectivity index (χ1n) is 7.26. The first-order valence-corrected chi connectivity index (χ1v) is 7.26. The van der Waals surface area contributed by atoms with Gasteiger partial charge in [0.05, 0.1) is 17.9 Å². The minimum Gasteiger partial charge on any atom is -0.337 e. The summed E-state index contributed by atoms with van der Waals surface area (Å²) in [6, 6.07) is 2.34. The number of rotatable bonds is 6. The highest BCUT2D eigenvalue weighted by molar-refractivity contribution is 6.32. The number of nitrogens with one attached hydrogen (secondary N) is 2. The minimum absolute atomic E-state index is 0.0146. The Labute approximate surface area is 143 Å². The lowest BCUT2D eigenvalue weighted by molar-refractivity contribution is 0.0421. The number of hydrogen-bond acceptors (Lipinski definition) is 4. The van der Waals surface area contributed by atoms with E-state index in [1.165, 1.54) is 12.3 Å². The van der Waals surface area contributed by atoms with E-state index >= 15 is 0 Å². The van der Waals surface area contributed by atoms with E-state index in [1.807, 2.05) is 13.3 Å². The van der Waals surface area contributed by atoms with Gasteiger partial charge in [-0.2, -0.15) is 0 Å². The molecule has 1 aromatic carbocycles. The summed E-state index contributed by atoms with van der Waals surface area (Å²) in [7, 11) is 1.82. The van der Waals surface area contributed by atoms with Gasteiger partial charge < -0.3 is 5.32 Å². The van der Waals surface area contributed by atoms with Gasteiger partial charge in [0.2, 0.25) is 0 Å². The average molecular weight is 349 g/mol. The number of amides is 1. The molecule has 130 valence electrons. The Hall–Kier alpha value is -2.81. The zero-order chi connectivity index (χ0) is 18.6. The number of benzene rings is 1. The lowest BCUT2D eigenvalue weighted by atomic mass is 9.97. The fourth-order valence-corrected chi connectivity index (χ4v) is 2.08. The van der Waals surface area contributed by atoms with Gasteiger partial charge >= 0.3 is 0 Å². The predicted molar refractivity (Wildman–Crippen MR) is 90.4 cm³/mol. The molecule has 0 radical (unpaired) electrons. The van der Waals surface area contributed by atoms with Crippen molar-refractivity contribution >= 4 is 30.7 Å². The van der Waals surface area contributed by atoms with Crippen LogP contribution < -0.4 is 16.3 Å². The molecule has 1 amide bonds. The van der Waals surface area contributed by atoms with Crippen molar-refractivity contribution < 1.29 is 22.8 Å². The molecule has 5 nitrogen and oxygen atoms in total. The van der Waals surface area contributed by atoms with Crippen molar-refractivity contribution in [1.82, 2.24) is 10.5 Å². The molecule has 1 heterocycles. The summed E-state index contributed by atoms with van der Waals surface area (Å²) in [6.07, 6.45) is 2.88. The van der Waals surface area contributed by atoms with Crippen LogP contribution in [0.4, 0.5) is 24.7 Å². The zero-order valence-electron chi connectivity index (χ0n) is 13.6. The molecule has 1 aromatic heterocycles. The second-order valence-electron chi connectivity index (χ2n) is 5.24. The molecule has 0 saturated carbocycles. The Morgan fingerprint density at radius 2 is 2.08 bits per heavy atom. The fourth-order valence-electron chi connectivity index (χ4n) is 2.08. The first kappa shape index (κ1) is 18.5. The molecule has 2 rings (SSSR count). The highest BCUT2D eigenvalue weighted by Gasteiger charge is 2.24. The number of aryl methyl sites for hydroxylation is 1. The number of hydrogen-bond donors (Lipinski definition) is 2. The van der Waals surface area contributed by atoms with Crippen molar-refractivity contribution in [3.05, 3.63) is 59.6 Å². The molecule has 9 heteroatoms. The van der Waals surface area contributed by atoms with Crippen LogP contribution in [0.1, 0.15) is 15.9 Å². The zero-order valence-corrected chi connectivity index (χ0v) is 13.6. The molecule has 0 bridgehead atoms. The third-order valence-corrected chi connectivity index (χ3v) is 3.23. The van der Waals surface area contributed by atoms with Crippen LogP contribution in [0, 0.1) is 24.4 Å². The number of hydroxylamine groups is 1. The quantitative estimate of drug-likeness (QED) is 0.274. The molecule has 0 fully saturated rings. The predicted octanol–water partition coefficient (Wildman–Crippen LogP) is 1.66. The van der Waals surface area contributed by atoms with Crippen LogP contribution in [0.15, 0.2) is 31.0 Å². The summed E-state index contributed by atoms with van der Waals surface area (Å²) >= 11 is 0. The average Bonchev–Trinajstić information content (AvgIpc) is 2.57. The standard InChI is InChI=1S/C16H15BF3N3O2/c1-3-4-25-23-16(24)10-6-11(18)12(19)13(20)14(10)22-15-8(2)5-9(17)7-21-15/h3,5-7H,1,4,17H2,2H3,(H,21,22)(H,23,24). The Kier molecular flexibility index (Phi) is 5.82. The van der Waals surface area contributed by atoms with E-state index in [4.69, 9.17) is 4.84 Å². The van der Waals surface area contributed by atoms with Crippen LogP contribution in [0.25, 0.3) is 0 Å². The smallest absolute Gasteiger partial charge is 0.277 e. The van der Waals surface area contributed by atoms with E-state index in [-0.39, 0.29) is 12.4 Å². The highest BCUT2D eigenvalue weighted by atomic mass is 19.2. The summed E-state index contributed by atoms with van der Waals surface area (Å²) in [5, 5.41) is 2.55. The van der Waals surface area contributed by atoms with E-state index in [1.54, 1.807) is 13.0 Å². The largest absolute Gasteiger partial charge is 0.337 e. The first-order chi connectivity index (χ1) is 11.8. The van der Waals surface area contributed by atoms with E-state index in [0.717, 1.165) is 5.46 Å². The molecule has 0 saturated heterocycles. The lowest BCUT2D eigenvalue weighted by Gasteiger charge is -2.15. The highest BCUT2D eigenvalue weighted by Crippen LogP contribution is 2.28. The molecule has 0 aliphatic carbocycles. The van der Waals surface area contributed by atoms with Crippen LogP contribution in [0.5, 0.6) is 0 Å². The maximum Gasteiger partial charge on any atom is 0.277 e. The van der Waals surface area contributed by atoms with Gasteiger partial charge in [0, 0.05) is 6.20 Å². The SMILES string of the molecule is Bc1cnc(Nc2c(C(=O)NOCC=C)cc(F)c(F)c2F)c(C)c1. The van der Waals surface area contributed by atoms with Crippen molar-refractivity contribution in [1.29, 1.82) is 0 Å². The van der Waals surface area contributed by atoms with Gasteiger partial charge in [-0.25, -0.2) is 23.6 Å². The minimum atomic E-state index is -1.70. The van der Waals surface area contributed by atoms with Crippen molar-refractivity contribution in [3.63, 3.8) is 0 Å². The monoisotopic (exact) mass is 349 g/mol. The molecule has 0 spiro atoms. The molecule has 0 atom stereocenters. The molecular formula is C16H15BF3N3O2. The molecule has 2 aromatic rings. The number of anilines is 2. The van der Waals surface area contributed by atoms with Gasteiger partial charge in [0.1, 0.15) is 13.7 Å². The van der Waals surface area contributed by atoms with E-state index in [2.05, 4.69) is 16.9 Å². The van der Waals surface area contributed by atoms with Crippen LogP contribution in [-0.4, -0.2) is 25.3 Å². The second-order valence-corrected chi connectivity index (χ2v) is 5.24. The number of carbonyl (C=O) groups is 1.